The summed E-state index contributed by atoms with van der Waals surface area (Å²) in [5, 5.41) is 13.2. The lowest BCUT2D eigenvalue weighted by Crippen LogP contribution is -3.00. The third-order valence-electron chi connectivity index (χ3n) is 7.54. The second kappa shape index (κ2) is 18.1. The number of amides is 1. The number of fused-ring (bicyclic) bond motifs is 1. The fraction of sp³-hybridized carbons (Fsp3) is 0.806. The third kappa shape index (κ3) is 13.2. The first kappa shape index (κ1) is 35.6. The Balaban J connectivity index is 0.00000760. The number of pyridine rings is 1. The maximum Gasteiger partial charge on any atom is 0.219 e. The van der Waals surface area contributed by atoms with Gasteiger partial charge in [0, 0.05) is 44.4 Å². The summed E-state index contributed by atoms with van der Waals surface area (Å²) < 4.78 is 12.6. The monoisotopic (exact) mass is 569 g/mol. The van der Waals surface area contributed by atoms with Crippen molar-refractivity contribution in [3.63, 3.8) is 0 Å². The van der Waals surface area contributed by atoms with E-state index in [9.17, 15) is 9.90 Å². The molecule has 0 saturated heterocycles. The molecule has 0 radical (unpaired) electrons. The molecule has 0 bridgehead atoms. The van der Waals surface area contributed by atoms with Gasteiger partial charge < -0.3 is 36.8 Å². The molecule has 226 valence electrons. The number of nitrogens with one attached hydrogen (secondary N) is 1. The summed E-state index contributed by atoms with van der Waals surface area (Å²) in [5.41, 5.74) is 3.44. The Morgan fingerprint density at radius 3 is 2.18 bits per heavy atom. The Morgan fingerprint density at radius 1 is 1.00 bits per heavy atom. The second-order valence-electron chi connectivity index (χ2n) is 12.2. The number of carbonyl (C=O) groups excluding carboxylic acids is 1. The molecular weight excluding hydrogens is 514 g/mol. The number of rotatable bonds is 19. The minimum atomic E-state index is -0.694. The smallest absolute Gasteiger partial charge is 0.219 e. The average Bonchev–Trinajstić information content (AvgIpc) is 2.85. The molecule has 7 nitrogen and oxygen atoms in total. The van der Waals surface area contributed by atoms with E-state index in [0.717, 1.165) is 58.6 Å². The standard InChI is InChI=1S/C31H55N3O4.ClH/c1-7-8-9-10-11-12-13-14-15-16-17-19-29(36)32-20-18-21-34(5,6)22-28-26(23-35)27-24-37-31(3,4)38-30(27)25(2)33-28;/h35H,7-24H2,1-6H3;1H. The first-order valence-electron chi connectivity index (χ1n) is 15.1. The van der Waals surface area contributed by atoms with Crippen LogP contribution >= 0.6 is 0 Å². The molecule has 2 heterocycles. The van der Waals surface area contributed by atoms with Crippen molar-refractivity contribution >= 4 is 5.91 Å². The van der Waals surface area contributed by atoms with E-state index in [0.29, 0.717) is 26.1 Å². The van der Waals surface area contributed by atoms with E-state index in [2.05, 4.69) is 26.3 Å². The maximum absolute atomic E-state index is 12.2. The Morgan fingerprint density at radius 2 is 1.59 bits per heavy atom. The number of hydrogen-bond donors (Lipinski definition) is 2. The Labute approximate surface area is 244 Å². The van der Waals surface area contributed by atoms with Crippen LogP contribution in [-0.4, -0.2) is 53.5 Å². The van der Waals surface area contributed by atoms with E-state index in [1.807, 2.05) is 20.8 Å². The number of nitrogens with zero attached hydrogens (tertiary/aromatic N) is 2. The molecule has 2 N–H and O–H groups in total. The highest BCUT2D eigenvalue weighted by molar-refractivity contribution is 5.75. The van der Waals surface area contributed by atoms with Crippen LogP contribution in [0.3, 0.4) is 0 Å². The highest BCUT2D eigenvalue weighted by Gasteiger charge is 2.33. The van der Waals surface area contributed by atoms with E-state index >= 15 is 0 Å². The minimum Gasteiger partial charge on any atom is -1.00 e. The van der Waals surface area contributed by atoms with Gasteiger partial charge in [-0.15, -0.1) is 0 Å². The van der Waals surface area contributed by atoms with Crippen molar-refractivity contribution in [3.8, 4) is 5.75 Å². The Kier molecular flexibility index (Phi) is 16.5. The number of aliphatic hydroxyl groups is 1. The van der Waals surface area contributed by atoms with Gasteiger partial charge in [0.2, 0.25) is 11.7 Å². The van der Waals surface area contributed by atoms with Crippen molar-refractivity contribution in [3.05, 3.63) is 22.5 Å². The molecule has 0 fully saturated rings. The first-order chi connectivity index (χ1) is 18.1. The number of aromatic nitrogens is 1. The molecule has 0 saturated carbocycles. The molecule has 8 heteroatoms. The topological polar surface area (TPSA) is 80.7 Å². The zero-order chi connectivity index (χ0) is 28.0. The largest absolute Gasteiger partial charge is 1.00 e. The van der Waals surface area contributed by atoms with Crippen LogP contribution in [0.25, 0.3) is 0 Å². The molecule has 39 heavy (non-hydrogen) atoms. The number of aliphatic hydroxyl groups excluding tert-OH is 1. The summed E-state index contributed by atoms with van der Waals surface area (Å²) in [7, 11) is 4.33. The number of hydrogen-bond acceptors (Lipinski definition) is 5. The molecular formula is C31H56ClN3O4. The molecule has 2 rings (SSSR count). The zero-order valence-electron chi connectivity index (χ0n) is 25.7. The van der Waals surface area contributed by atoms with Gasteiger partial charge in [0.25, 0.3) is 0 Å². The summed E-state index contributed by atoms with van der Waals surface area (Å²) >= 11 is 0. The van der Waals surface area contributed by atoms with Gasteiger partial charge in [0.15, 0.2) is 0 Å². The van der Waals surface area contributed by atoms with Gasteiger partial charge in [0.05, 0.1) is 39.5 Å². The lowest BCUT2D eigenvalue weighted by Gasteiger charge is -2.35. The second-order valence-corrected chi connectivity index (χ2v) is 12.2. The molecule has 1 aromatic heterocycles. The van der Waals surface area contributed by atoms with E-state index in [1.165, 1.54) is 57.8 Å². The zero-order valence-corrected chi connectivity index (χ0v) is 26.4. The summed E-state index contributed by atoms with van der Waals surface area (Å²) in [6, 6.07) is 0. The van der Waals surface area contributed by atoms with E-state index < -0.39 is 5.79 Å². The lowest BCUT2D eigenvalue weighted by molar-refractivity contribution is -0.904. The lowest BCUT2D eigenvalue weighted by atomic mass is 10.0. The Bertz CT molecular complexity index is 861. The number of unbranched alkanes of at least 4 members (excludes halogenated alkanes) is 10. The van der Waals surface area contributed by atoms with Gasteiger partial charge in [-0.1, -0.05) is 71.1 Å². The van der Waals surface area contributed by atoms with Crippen molar-refractivity contribution in [2.24, 2.45) is 0 Å². The van der Waals surface area contributed by atoms with Crippen LogP contribution in [0.15, 0.2) is 0 Å². The van der Waals surface area contributed by atoms with Crippen LogP contribution in [0.1, 0.15) is 127 Å². The van der Waals surface area contributed by atoms with Crippen molar-refractivity contribution in [2.45, 2.75) is 137 Å². The summed E-state index contributed by atoms with van der Waals surface area (Å²) in [5.74, 6) is 0.212. The quantitative estimate of drug-likeness (QED) is 0.197. The predicted octanol–water partition coefficient (Wildman–Crippen LogP) is 3.32. The molecule has 0 aromatic carbocycles. The van der Waals surface area contributed by atoms with Crippen LogP contribution in [-0.2, 0) is 29.3 Å². The van der Waals surface area contributed by atoms with Gasteiger partial charge in [-0.25, -0.2) is 4.98 Å². The van der Waals surface area contributed by atoms with Crippen molar-refractivity contribution in [2.75, 3.05) is 27.2 Å². The van der Waals surface area contributed by atoms with Crippen LogP contribution in [0, 0.1) is 6.92 Å². The number of ether oxygens (including phenoxy) is 2. The highest BCUT2D eigenvalue weighted by Crippen LogP contribution is 2.37. The fourth-order valence-electron chi connectivity index (χ4n) is 5.23. The number of carbonyl (C=O) groups is 1. The molecule has 1 aliphatic rings. The van der Waals surface area contributed by atoms with Crippen molar-refractivity contribution < 1.29 is 36.3 Å². The average molecular weight is 570 g/mol. The van der Waals surface area contributed by atoms with E-state index in [-0.39, 0.29) is 24.9 Å². The summed E-state index contributed by atoms with van der Waals surface area (Å²) in [6.45, 7) is 10.6. The van der Waals surface area contributed by atoms with Gasteiger partial charge in [-0.2, -0.15) is 0 Å². The van der Waals surface area contributed by atoms with Gasteiger partial charge in [-0.3, -0.25) is 4.79 Å². The van der Waals surface area contributed by atoms with Gasteiger partial charge >= 0.3 is 0 Å². The molecule has 0 spiro atoms. The molecule has 1 aliphatic heterocycles. The number of quaternary nitrogens is 1. The van der Waals surface area contributed by atoms with Crippen LogP contribution in [0.5, 0.6) is 5.75 Å². The van der Waals surface area contributed by atoms with E-state index in [1.54, 1.807) is 0 Å². The molecule has 1 aromatic rings. The molecule has 0 unspecified atom stereocenters. The fourth-order valence-corrected chi connectivity index (χ4v) is 5.23. The van der Waals surface area contributed by atoms with Crippen LogP contribution < -0.4 is 22.5 Å². The van der Waals surface area contributed by atoms with Crippen molar-refractivity contribution in [1.29, 1.82) is 0 Å². The van der Waals surface area contributed by atoms with Gasteiger partial charge in [-0.05, 0) is 13.3 Å². The molecule has 0 atom stereocenters. The summed E-state index contributed by atoms with van der Waals surface area (Å²) in [4.78, 5) is 17.1. The SMILES string of the molecule is CCCCCCCCCCCCCC(=O)NCCC[N+](C)(C)Cc1nc(C)c2c(c1CO)COC(C)(C)O2.[Cl-]. The normalized spacial score (nSPS) is 14.3. The van der Waals surface area contributed by atoms with E-state index in [4.69, 9.17) is 14.5 Å². The third-order valence-corrected chi connectivity index (χ3v) is 7.54. The highest BCUT2D eigenvalue weighted by atomic mass is 35.5. The molecule has 1 amide bonds. The summed E-state index contributed by atoms with van der Waals surface area (Å²) in [6.07, 6.45) is 15.8. The predicted molar refractivity (Wildman–Crippen MR) is 154 cm³/mol. The minimum absolute atomic E-state index is 0. The van der Waals surface area contributed by atoms with Crippen LogP contribution in [0.2, 0.25) is 0 Å². The Hall–Kier alpha value is -1.41. The van der Waals surface area contributed by atoms with Crippen LogP contribution in [0.4, 0.5) is 0 Å². The molecule has 0 aliphatic carbocycles. The van der Waals surface area contributed by atoms with Gasteiger partial charge in [0.1, 0.15) is 18.0 Å². The van der Waals surface area contributed by atoms with Crippen molar-refractivity contribution in [1.82, 2.24) is 10.3 Å². The first-order valence-corrected chi connectivity index (χ1v) is 15.1. The number of aryl methyl sites for hydroxylation is 1. The number of halogens is 1. The maximum atomic E-state index is 12.2.